The number of rotatable bonds is 15. The summed E-state index contributed by atoms with van der Waals surface area (Å²) in [5.74, 6) is 0.431. The number of nitrogens with one attached hydrogen (secondary N) is 1. The SMILES string of the molecule is CCC1(OC(=O)OCCOCCNC(=O)CCCCC2CCSS2)C(=O)OCC(C=O)=C1/C=C1/c2nc3ccccc3cc2CN1C. The number of pyridine rings is 1. The summed E-state index contributed by atoms with van der Waals surface area (Å²) in [6, 6.07) is 9.87. The molecule has 11 nitrogen and oxygen atoms in total. The highest BCUT2D eigenvalue weighted by molar-refractivity contribution is 8.77. The molecule has 4 heterocycles. The summed E-state index contributed by atoms with van der Waals surface area (Å²) in [6.45, 7) is 2.55. The highest BCUT2D eigenvalue weighted by Gasteiger charge is 2.50. The third-order valence-corrected chi connectivity index (χ3v) is 11.4. The van der Waals surface area contributed by atoms with Gasteiger partial charge in [-0.1, -0.05) is 53.1 Å². The van der Waals surface area contributed by atoms with E-state index >= 15 is 0 Å². The monoisotopic (exact) mass is 683 g/mol. The number of aldehydes is 1. The molecule has 1 aromatic heterocycles. The standard InChI is InChI=1S/C34H41N3O8S2/c1-3-34(45-33(41)43-16-15-42-14-13-35-30(39)11-7-5-9-26-12-17-46-47-26)27(25(21-38)22-44-32(34)40)19-29-31-24(20-37(29)2)18-23-8-4-6-10-28(23)36-31/h4,6,8,10,18-19,21,26H,3,5,7,9,11-17,20,22H2,1-2H3,(H,35,39)/b29-19-. The topological polar surface area (TPSA) is 133 Å². The Morgan fingerprint density at radius 3 is 2.85 bits per heavy atom. The molecule has 252 valence electrons. The maximum atomic E-state index is 13.3. The predicted octanol–water partition coefficient (Wildman–Crippen LogP) is 5.22. The van der Waals surface area contributed by atoms with Crippen molar-refractivity contribution in [2.45, 2.75) is 62.8 Å². The first-order chi connectivity index (χ1) is 22.8. The summed E-state index contributed by atoms with van der Waals surface area (Å²) in [4.78, 5) is 57.2. The molecule has 1 N–H and O–H groups in total. The zero-order chi connectivity index (χ0) is 33.2. The Hall–Kier alpha value is -3.55. The van der Waals surface area contributed by atoms with Gasteiger partial charge in [0.05, 0.1) is 30.1 Å². The van der Waals surface area contributed by atoms with Crippen molar-refractivity contribution < 1.29 is 38.1 Å². The Kier molecular flexibility index (Phi) is 12.2. The average Bonchev–Trinajstić information content (AvgIpc) is 3.70. The molecule has 0 radical (unpaired) electrons. The van der Waals surface area contributed by atoms with Crippen molar-refractivity contribution in [3.05, 3.63) is 58.8 Å². The van der Waals surface area contributed by atoms with Gasteiger partial charge in [-0.3, -0.25) is 9.59 Å². The van der Waals surface area contributed by atoms with Crippen molar-refractivity contribution >= 4 is 62.5 Å². The summed E-state index contributed by atoms with van der Waals surface area (Å²) in [5.41, 5.74) is 1.75. The molecule has 3 aliphatic heterocycles. The van der Waals surface area contributed by atoms with Gasteiger partial charge in [0.15, 0.2) is 0 Å². The van der Waals surface area contributed by atoms with Crippen LogP contribution in [0.15, 0.2) is 47.6 Å². The van der Waals surface area contributed by atoms with Gasteiger partial charge < -0.3 is 29.2 Å². The van der Waals surface area contributed by atoms with Crippen molar-refractivity contribution in [1.82, 2.24) is 15.2 Å². The van der Waals surface area contributed by atoms with Gasteiger partial charge in [-0.2, -0.15) is 0 Å². The minimum absolute atomic E-state index is 0.00366. The van der Waals surface area contributed by atoms with Crippen molar-refractivity contribution in [2.24, 2.45) is 0 Å². The second kappa shape index (κ2) is 16.5. The molecule has 13 heteroatoms. The third-order valence-electron chi connectivity index (χ3n) is 8.44. The number of aromatic nitrogens is 1. The molecule has 0 aliphatic carbocycles. The van der Waals surface area contributed by atoms with E-state index in [-0.39, 0.29) is 49.9 Å². The van der Waals surface area contributed by atoms with Crippen molar-refractivity contribution in [3.8, 4) is 0 Å². The Morgan fingerprint density at radius 1 is 1.21 bits per heavy atom. The molecule has 1 fully saturated rings. The molecule has 2 unspecified atom stereocenters. The van der Waals surface area contributed by atoms with Gasteiger partial charge in [0.1, 0.15) is 19.5 Å². The first-order valence-electron chi connectivity index (χ1n) is 16.0. The molecule has 47 heavy (non-hydrogen) atoms. The zero-order valence-corrected chi connectivity index (χ0v) is 28.4. The fourth-order valence-corrected chi connectivity index (χ4v) is 8.91. The van der Waals surface area contributed by atoms with E-state index in [0.29, 0.717) is 31.5 Å². The van der Waals surface area contributed by atoms with Crippen LogP contribution < -0.4 is 5.32 Å². The van der Waals surface area contributed by atoms with Crippen molar-refractivity contribution in [2.75, 3.05) is 45.8 Å². The minimum Gasteiger partial charge on any atom is -0.457 e. The van der Waals surface area contributed by atoms with Gasteiger partial charge in [-0.05, 0) is 49.5 Å². The van der Waals surface area contributed by atoms with E-state index < -0.39 is 17.7 Å². The molecule has 1 amide bonds. The number of hydrogen-bond acceptors (Lipinski definition) is 12. The van der Waals surface area contributed by atoms with E-state index in [0.717, 1.165) is 46.7 Å². The maximum Gasteiger partial charge on any atom is 0.509 e. The molecule has 1 aromatic carbocycles. The highest BCUT2D eigenvalue weighted by Crippen LogP contribution is 2.41. The van der Waals surface area contributed by atoms with E-state index in [4.69, 9.17) is 23.9 Å². The van der Waals surface area contributed by atoms with Crippen molar-refractivity contribution in [3.63, 3.8) is 0 Å². The molecule has 2 aromatic rings. The summed E-state index contributed by atoms with van der Waals surface area (Å²) < 4.78 is 21.7. The number of carbonyl (C=O) groups is 4. The summed E-state index contributed by atoms with van der Waals surface area (Å²) in [7, 11) is 5.79. The van der Waals surface area contributed by atoms with E-state index in [1.807, 2.05) is 57.8 Å². The summed E-state index contributed by atoms with van der Waals surface area (Å²) in [6.07, 6.45) is 6.06. The molecule has 0 spiro atoms. The number of nitrogens with zero attached hydrogens (tertiary/aromatic N) is 2. The molecular formula is C34H41N3O8S2. The quantitative estimate of drug-likeness (QED) is 0.114. The van der Waals surface area contributed by atoms with Crippen LogP contribution in [0.5, 0.6) is 0 Å². The fraction of sp³-hybridized carbons (Fsp3) is 0.500. The Bertz CT molecular complexity index is 1540. The molecule has 2 atom stereocenters. The van der Waals surface area contributed by atoms with Crippen LogP contribution in [0, 0.1) is 0 Å². The lowest BCUT2D eigenvalue weighted by molar-refractivity contribution is -0.165. The minimum atomic E-state index is -1.89. The predicted molar refractivity (Wildman–Crippen MR) is 181 cm³/mol. The normalized spacial score (nSPS) is 21.6. The molecule has 1 saturated heterocycles. The average molecular weight is 684 g/mol. The van der Waals surface area contributed by atoms with Gasteiger partial charge in [0, 0.05) is 54.1 Å². The number of amides is 1. The van der Waals surface area contributed by atoms with Crippen molar-refractivity contribution in [1.29, 1.82) is 0 Å². The number of fused-ring (bicyclic) bond motifs is 2. The lowest BCUT2D eigenvalue weighted by Gasteiger charge is -2.35. The van der Waals surface area contributed by atoms with Crippen LogP contribution >= 0.6 is 21.6 Å². The fourth-order valence-electron chi connectivity index (χ4n) is 5.89. The third kappa shape index (κ3) is 8.49. The van der Waals surface area contributed by atoms with Crippen LogP contribution in [0.4, 0.5) is 4.79 Å². The van der Waals surface area contributed by atoms with Crippen LogP contribution in [0.3, 0.4) is 0 Å². The van der Waals surface area contributed by atoms with Crippen LogP contribution in [-0.4, -0.2) is 90.8 Å². The number of hydrogen-bond donors (Lipinski definition) is 1. The van der Waals surface area contributed by atoms with Gasteiger partial charge in [-0.15, -0.1) is 0 Å². The van der Waals surface area contributed by atoms with E-state index in [1.54, 1.807) is 13.0 Å². The smallest absolute Gasteiger partial charge is 0.457 e. The molecule has 3 aliphatic rings. The molecule has 0 saturated carbocycles. The van der Waals surface area contributed by atoms with Gasteiger partial charge >= 0.3 is 12.1 Å². The molecular weight excluding hydrogens is 643 g/mol. The number of unbranched alkanes of at least 4 members (excludes halogenated alkanes) is 1. The Morgan fingerprint density at radius 2 is 2.06 bits per heavy atom. The molecule has 0 bridgehead atoms. The van der Waals surface area contributed by atoms with Crippen LogP contribution in [0.25, 0.3) is 16.6 Å². The number of benzene rings is 1. The maximum absolute atomic E-state index is 13.3. The van der Waals surface area contributed by atoms with Crippen LogP contribution in [0.1, 0.15) is 56.7 Å². The summed E-state index contributed by atoms with van der Waals surface area (Å²) in [5, 5.41) is 4.57. The van der Waals surface area contributed by atoms with Gasteiger partial charge in [0.25, 0.3) is 0 Å². The number of carbonyl (C=O) groups excluding carboxylic acids is 4. The highest BCUT2D eigenvalue weighted by atomic mass is 33.1. The number of ether oxygens (including phenoxy) is 4. The Balaban J connectivity index is 1.14. The van der Waals surface area contributed by atoms with Gasteiger partial charge in [-0.25, -0.2) is 14.6 Å². The summed E-state index contributed by atoms with van der Waals surface area (Å²) >= 11 is 0. The largest absolute Gasteiger partial charge is 0.509 e. The Labute approximate surface area is 282 Å². The lowest BCUT2D eigenvalue weighted by atomic mass is 9.84. The number of esters is 1. The van der Waals surface area contributed by atoms with Crippen LogP contribution in [0.2, 0.25) is 0 Å². The molecule has 5 rings (SSSR count). The van der Waals surface area contributed by atoms with Crippen LogP contribution in [-0.2, 0) is 39.9 Å². The second-order valence-corrected chi connectivity index (χ2v) is 14.4. The van der Waals surface area contributed by atoms with E-state index in [2.05, 4.69) is 11.4 Å². The van der Waals surface area contributed by atoms with Gasteiger partial charge in [0.2, 0.25) is 11.5 Å². The lowest BCUT2D eigenvalue weighted by Crippen LogP contribution is -2.49. The first-order valence-corrected chi connectivity index (χ1v) is 18.4. The van der Waals surface area contributed by atoms with E-state index in [1.165, 1.54) is 12.2 Å². The number of para-hydroxylation sites is 1. The number of cyclic esters (lactones) is 1. The first kappa shape index (κ1) is 34.8. The zero-order valence-electron chi connectivity index (χ0n) is 26.8. The second-order valence-electron chi connectivity index (χ2n) is 11.6. The van der Waals surface area contributed by atoms with E-state index in [9.17, 15) is 19.2 Å².